The second-order valence-electron chi connectivity index (χ2n) is 6.18. The monoisotopic (exact) mass is 423 g/mol. The number of halogens is 1. The number of hydrogen-bond donors (Lipinski definition) is 1. The SMILES string of the molecule is COC(=O)NC1CCN(C(=O)CN2C(=O)c3ccc(Br)cc3C2=O)CC1. The van der Waals surface area contributed by atoms with Crippen LogP contribution in [0.2, 0.25) is 0 Å². The summed E-state index contributed by atoms with van der Waals surface area (Å²) < 4.78 is 5.26. The zero-order valence-electron chi connectivity index (χ0n) is 14.2. The van der Waals surface area contributed by atoms with E-state index in [0.29, 0.717) is 41.5 Å². The summed E-state index contributed by atoms with van der Waals surface area (Å²) >= 11 is 3.28. The highest BCUT2D eigenvalue weighted by molar-refractivity contribution is 9.10. The van der Waals surface area contributed by atoms with Gasteiger partial charge in [0.15, 0.2) is 0 Å². The van der Waals surface area contributed by atoms with Gasteiger partial charge in [-0.1, -0.05) is 15.9 Å². The molecule has 1 saturated heterocycles. The van der Waals surface area contributed by atoms with Crippen molar-refractivity contribution in [2.45, 2.75) is 18.9 Å². The number of alkyl carbamates (subject to hydrolysis) is 1. The zero-order valence-corrected chi connectivity index (χ0v) is 15.7. The van der Waals surface area contributed by atoms with E-state index in [4.69, 9.17) is 0 Å². The summed E-state index contributed by atoms with van der Waals surface area (Å²) in [5.74, 6) is -1.19. The minimum absolute atomic E-state index is 0.0526. The van der Waals surface area contributed by atoms with Crippen molar-refractivity contribution < 1.29 is 23.9 Å². The molecule has 138 valence electrons. The highest BCUT2D eigenvalue weighted by atomic mass is 79.9. The predicted molar refractivity (Wildman–Crippen MR) is 94.7 cm³/mol. The highest BCUT2D eigenvalue weighted by Crippen LogP contribution is 2.26. The highest BCUT2D eigenvalue weighted by Gasteiger charge is 2.37. The van der Waals surface area contributed by atoms with Gasteiger partial charge in [-0.3, -0.25) is 19.3 Å². The number of benzene rings is 1. The van der Waals surface area contributed by atoms with Gasteiger partial charge < -0.3 is 15.0 Å². The van der Waals surface area contributed by atoms with E-state index < -0.39 is 17.9 Å². The van der Waals surface area contributed by atoms with Gasteiger partial charge in [-0.15, -0.1) is 0 Å². The van der Waals surface area contributed by atoms with Crippen LogP contribution in [0.5, 0.6) is 0 Å². The number of likely N-dealkylation sites (tertiary alicyclic amines) is 1. The Morgan fingerprint density at radius 2 is 1.85 bits per heavy atom. The van der Waals surface area contributed by atoms with Gasteiger partial charge in [-0.05, 0) is 31.0 Å². The van der Waals surface area contributed by atoms with Crippen LogP contribution in [0.15, 0.2) is 22.7 Å². The summed E-state index contributed by atoms with van der Waals surface area (Å²) in [6.45, 7) is 0.615. The number of nitrogens with one attached hydrogen (secondary N) is 1. The van der Waals surface area contributed by atoms with E-state index in [1.54, 1.807) is 23.1 Å². The molecule has 1 N–H and O–H groups in total. The van der Waals surface area contributed by atoms with Crippen LogP contribution in [0, 0.1) is 0 Å². The van der Waals surface area contributed by atoms with Crippen molar-refractivity contribution in [1.82, 2.24) is 15.1 Å². The molecule has 0 saturated carbocycles. The van der Waals surface area contributed by atoms with E-state index in [0.717, 1.165) is 4.90 Å². The quantitative estimate of drug-likeness (QED) is 0.741. The molecule has 0 aliphatic carbocycles. The molecular formula is C17H18BrN3O5. The van der Waals surface area contributed by atoms with Gasteiger partial charge in [0, 0.05) is 23.6 Å². The average Bonchev–Trinajstić information content (AvgIpc) is 2.86. The second-order valence-corrected chi connectivity index (χ2v) is 7.09. The Hall–Kier alpha value is -2.42. The van der Waals surface area contributed by atoms with Gasteiger partial charge >= 0.3 is 6.09 Å². The number of piperidine rings is 1. The molecule has 0 atom stereocenters. The normalized spacial score (nSPS) is 17.3. The van der Waals surface area contributed by atoms with E-state index in [2.05, 4.69) is 26.0 Å². The maximum atomic E-state index is 12.5. The Labute approximate surface area is 158 Å². The molecule has 0 unspecified atom stereocenters. The number of hydrogen-bond acceptors (Lipinski definition) is 5. The van der Waals surface area contributed by atoms with E-state index in [1.807, 2.05) is 0 Å². The summed E-state index contributed by atoms with van der Waals surface area (Å²) in [4.78, 5) is 51.2. The smallest absolute Gasteiger partial charge is 0.407 e. The van der Waals surface area contributed by atoms with Gasteiger partial charge in [0.25, 0.3) is 11.8 Å². The minimum Gasteiger partial charge on any atom is -0.453 e. The lowest BCUT2D eigenvalue weighted by atomic mass is 10.1. The zero-order chi connectivity index (χ0) is 18.8. The van der Waals surface area contributed by atoms with Gasteiger partial charge in [-0.2, -0.15) is 0 Å². The van der Waals surface area contributed by atoms with Gasteiger partial charge in [0.2, 0.25) is 5.91 Å². The number of imide groups is 1. The van der Waals surface area contributed by atoms with Gasteiger partial charge in [-0.25, -0.2) is 4.79 Å². The molecule has 2 aliphatic rings. The van der Waals surface area contributed by atoms with Crippen LogP contribution in [-0.2, 0) is 9.53 Å². The number of amides is 4. The third kappa shape index (κ3) is 3.57. The summed E-state index contributed by atoms with van der Waals surface area (Å²) in [7, 11) is 1.30. The lowest BCUT2D eigenvalue weighted by molar-refractivity contribution is -0.132. The van der Waals surface area contributed by atoms with Crippen LogP contribution in [0.25, 0.3) is 0 Å². The molecule has 1 aromatic rings. The number of carbonyl (C=O) groups excluding carboxylic acids is 4. The number of ether oxygens (including phenoxy) is 1. The van der Waals surface area contributed by atoms with Crippen molar-refractivity contribution in [3.63, 3.8) is 0 Å². The Morgan fingerprint density at radius 1 is 1.19 bits per heavy atom. The van der Waals surface area contributed by atoms with E-state index >= 15 is 0 Å². The first-order valence-corrected chi connectivity index (χ1v) is 8.98. The fourth-order valence-electron chi connectivity index (χ4n) is 3.14. The van der Waals surface area contributed by atoms with E-state index in [9.17, 15) is 19.2 Å². The third-order valence-electron chi connectivity index (χ3n) is 4.58. The fraction of sp³-hybridized carbons (Fsp3) is 0.412. The molecule has 2 aliphatic heterocycles. The standard InChI is InChI=1S/C17H18BrN3O5/c1-26-17(25)19-11-4-6-20(7-5-11)14(22)9-21-15(23)12-3-2-10(18)8-13(12)16(21)24/h2-3,8,11H,4-7,9H2,1H3,(H,19,25). The lowest BCUT2D eigenvalue weighted by Crippen LogP contribution is -2.49. The Bertz CT molecular complexity index is 774. The molecule has 0 spiro atoms. The van der Waals surface area contributed by atoms with Crippen molar-refractivity contribution in [2.24, 2.45) is 0 Å². The second kappa shape index (κ2) is 7.45. The van der Waals surface area contributed by atoms with Crippen LogP contribution in [0.1, 0.15) is 33.6 Å². The number of rotatable bonds is 3. The van der Waals surface area contributed by atoms with Crippen molar-refractivity contribution in [1.29, 1.82) is 0 Å². The lowest BCUT2D eigenvalue weighted by Gasteiger charge is -2.32. The number of methoxy groups -OCH3 is 1. The van der Waals surface area contributed by atoms with Crippen molar-refractivity contribution in [3.05, 3.63) is 33.8 Å². The Kier molecular flexibility index (Phi) is 5.26. The molecular weight excluding hydrogens is 406 g/mol. The van der Waals surface area contributed by atoms with Crippen molar-refractivity contribution in [2.75, 3.05) is 26.7 Å². The van der Waals surface area contributed by atoms with E-state index in [-0.39, 0.29) is 18.5 Å². The summed E-state index contributed by atoms with van der Waals surface area (Å²) in [6, 6.07) is 4.80. The van der Waals surface area contributed by atoms with Gasteiger partial charge in [0.05, 0.1) is 18.2 Å². The molecule has 1 fully saturated rings. The first-order chi connectivity index (χ1) is 12.4. The summed E-state index contributed by atoms with van der Waals surface area (Å²) in [6.07, 6.45) is 0.693. The van der Waals surface area contributed by atoms with Crippen LogP contribution in [-0.4, -0.2) is 66.4 Å². The molecule has 0 bridgehead atoms. The number of fused-ring (bicyclic) bond motifs is 1. The fourth-order valence-corrected chi connectivity index (χ4v) is 3.50. The molecule has 0 radical (unpaired) electrons. The third-order valence-corrected chi connectivity index (χ3v) is 5.07. The molecule has 1 aromatic carbocycles. The first kappa shape index (κ1) is 18.4. The molecule has 26 heavy (non-hydrogen) atoms. The average molecular weight is 424 g/mol. The molecule has 8 nitrogen and oxygen atoms in total. The molecule has 0 aromatic heterocycles. The van der Waals surface area contributed by atoms with Crippen LogP contribution in [0.3, 0.4) is 0 Å². The Morgan fingerprint density at radius 3 is 2.50 bits per heavy atom. The number of nitrogens with zero attached hydrogens (tertiary/aromatic N) is 2. The largest absolute Gasteiger partial charge is 0.453 e. The van der Waals surface area contributed by atoms with Crippen LogP contribution < -0.4 is 5.32 Å². The van der Waals surface area contributed by atoms with Crippen molar-refractivity contribution >= 4 is 39.7 Å². The van der Waals surface area contributed by atoms with Crippen molar-refractivity contribution in [3.8, 4) is 0 Å². The summed E-state index contributed by atoms with van der Waals surface area (Å²) in [5, 5.41) is 2.71. The Balaban J connectivity index is 1.59. The molecule has 2 heterocycles. The van der Waals surface area contributed by atoms with Crippen LogP contribution >= 0.6 is 15.9 Å². The summed E-state index contributed by atoms with van der Waals surface area (Å²) in [5.41, 5.74) is 0.616. The molecule has 9 heteroatoms. The predicted octanol–water partition coefficient (Wildman–Crippen LogP) is 1.39. The maximum Gasteiger partial charge on any atom is 0.407 e. The van der Waals surface area contributed by atoms with E-state index in [1.165, 1.54) is 7.11 Å². The van der Waals surface area contributed by atoms with Crippen LogP contribution in [0.4, 0.5) is 4.79 Å². The minimum atomic E-state index is -0.494. The first-order valence-electron chi connectivity index (χ1n) is 8.18. The number of carbonyl (C=O) groups is 4. The topological polar surface area (TPSA) is 96.0 Å². The van der Waals surface area contributed by atoms with Gasteiger partial charge in [0.1, 0.15) is 6.54 Å². The molecule has 4 amide bonds. The maximum absolute atomic E-state index is 12.5. The molecule has 3 rings (SSSR count).